The maximum atomic E-state index is 11.4. The largest absolute Gasteiger partial charge is 0.479 e. The van der Waals surface area contributed by atoms with E-state index < -0.39 is 36.4 Å². The zero-order valence-electron chi connectivity index (χ0n) is 12.6. The van der Waals surface area contributed by atoms with E-state index in [9.17, 15) is 14.7 Å². The molecule has 3 heterocycles. The van der Waals surface area contributed by atoms with Crippen LogP contribution in [0.3, 0.4) is 0 Å². The Balaban J connectivity index is 2.11. The molecule has 130 valence electrons. The number of imidazole rings is 1. The van der Waals surface area contributed by atoms with E-state index in [1.807, 2.05) is 0 Å². The van der Waals surface area contributed by atoms with Crippen LogP contribution in [0, 0.1) is 0 Å². The summed E-state index contributed by atoms with van der Waals surface area (Å²) in [6.07, 6.45) is -1.35. The minimum absolute atomic E-state index is 0.0900. The molecule has 0 amide bonds. The second-order valence-corrected chi connectivity index (χ2v) is 5.40. The Labute approximate surface area is 144 Å². The Bertz CT molecular complexity index is 895. The lowest BCUT2D eigenvalue weighted by Crippen LogP contribution is -2.37. The van der Waals surface area contributed by atoms with Crippen molar-refractivity contribution in [3.05, 3.63) is 28.3 Å². The molecule has 12 nitrogen and oxygen atoms in total. The molecular weight excluding hydrogens is 358 g/mol. The number of halogens is 1. The van der Waals surface area contributed by atoms with E-state index in [-0.39, 0.29) is 16.3 Å². The van der Waals surface area contributed by atoms with E-state index in [0.29, 0.717) is 0 Å². The molecule has 4 atom stereocenters. The van der Waals surface area contributed by atoms with Crippen molar-refractivity contribution in [2.75, 3.05) is 0 Å². The lowest BCUT2D eigenvalue weighted by molar-refractivity contribution is -0.155. The number of hydrogen-bond donors (Lipinski definition) is 1. The normalized spacial score (nSPS) is 25.5. The number of fused-ring (bicyclic) bond motifs is 1. The second-order valence-electron chi connectivity index (χ2n) is 5.04. The molecule has 13 heteroatoms. The quantitative estimate of drug-likeness (QED) is 0.275. The van der Waals surface area contributed by atoms with E-state index in [1.165, 1.54) is 17.2 Å². The van der Waals surface area contributed by atoms with Gasteiger partial charge in [0, 0.05) is 11.8 Å². The van der Waals surface area contributed by atoms with E-state index in [0.717, 1.165) is 6.92 Å². The highest BCUT2D eigenvalue weighted by Gasteiger charge is 2.51. The van der Waals surface area contributed by atoms with Gasteiger partial charge in [0.15, 0.2) is 29.2 Å². The average Bonchev–Trinajstić information content (AvgIpc) is 3.11. The fraction of sp³-hybridized carbons (Fsp3) is 0.417. The molecule has 4 unspecified atom stereocenters. The van der Waals surface area contributed by atoms with Crippen LogP contribution in [0.25, 0.3) is 21.6 Å². The van der Waals surface area contributed by atoms with E-state index in [1.54, 1.807) is 0 Å². The standard InChI is InChI=1S/C12H10ClN7O5/c1-4(21)24-7-5(18-19-14)8(12(22)23)25-11(7)20-3-17-6-9(13)15-2-16-10(6)20/h2-3,5,7-8,11H,1H3,(H,22,23). The van der Waals surface area contributed by atoms with Crippen LogP contribution in [0.5, 0.6) is 0 Å². The molecule has 0 aromatic carbocycles. The number of carboxylic acids is 1. The molecule has 2 aromatic heterocycles. The summed E-state index contributed by atoms with van der Waals surface area (Å²) in [6.45, 7) is 1.14. The van der Waals surface area contributed by atoms with Crippen LogP contribution in [0.1, 0.15) is 13.2 Å². The number of ether oxygens (including phenoxy) is 2. The topological polar surface area (TPSA) is 165 Å². The summed E-state index contributed by atoms with van der Waals surface area (Å²) in [5.41, 5.74) is 9.22. The van der Waals surface area contributed by atoms with Gasteiger partial charge in [-0.05, 0) is 5.53 Å². The molecule has 0 radical (unpaired) electrons. The van der Waals surface area contributed by atoms with Crippen molar-refractivity contribution in [1.82, 2.24) is 19.5 Å². The van der Waals surface area contributed by atoms with Crippen LogP contribution < -0.4 is 0 Å². The summed E-state index contributed by atoms with van der Waals surface area (Å²) in [5.74, 6) is -2.06. The highest BCUT2D eigenvalue weighted by molar-refractivity contribution is 6.33. The van der Waals surface area contributed by atoms with Crippen molar-refractivity contribution in [2.45, 2.75) is 31.4 Å². The van der Waals surface area contributed by atoms with Gasteiger partial charge < -0.3 is 14.6 Å². The number of hydrogen-bond acceptors (Lipinski definition) is 8. The molecule has 1 saturated heterocycles. The van der Waals surface area contributed by atoms with Gasteiger partial charge in [-0.15, -0.1) is 0 Å². The highest BCUT2D eigenvalue weighted by atomic mass is 35.5. The summed E-state index contributed by atoms with van der Waals surface area (Å²) >= 11 is 5.94. The summed E-state index contributed by atoms with van der Waals surface area (Å²) in [5, 5.41) is 12.8. The summed E-state index contributed by atoms with van der Waals surface area (Å²) in [4.78, 5) is 37.4. The minimum Gasteiger partial charge on any atom is -0.479 e. The molecule has 1 aliphatic heterocycles. The zero-order chi connectivity index (χ0) is 18.1. The van der Waals surface area contributed by atoms with Crippen LogP contribution in [-0.2, 0) is 19.1 Å². The van der Waals surface area contributed by atoms with Crippen LogP contribution in [0.15, 0.2) is 17.8 Å². The summed E-state index contributed by atoms with van der Waals surface area (Å²) in [6, 6.07) is -1.27. The Morgan fingerprint density at radius 2 is 2.24 bits per heavy atom. The monoisotopic (exact) mass is 367 g/mol. The smallest absolute Gasteiger partial charge is 0.333 e. The van der Waals surface area contributed by atoms with Crippen LogP contribution in [-0.4, -0.2) is 54.8 Å². The molecule has 1 fully saturated rings. The van der Waals surface area contributed by atoms with Crippen molar-refractivity contribution in [2.24, 2.45) is 5.11 Å². The Morgan fingerprint density at radius 3 is 2.88 bits per heavy atom. The fourth-order valence-corrected chi connectivity index (χ4v) is 2.77. The average molecular weight is 368 g/mol. The van der Waals surface area contributed by atoms with Gasteiger partial charge in [-0.3, -0.25) is 9.36 Å². The summed E-state index contributed by atoms with van der Waals surface area (Å²) in [7, 11) is 0. The second kappa shape index (κ2) is 6.51. The first-order chi connectivity index (χ1) is 11.9. The molecule has 0 bridgehead atoms. The van der Waals surface area contributed by atoms with Gasteiger partial charge in [0.1, 0.15) is 17.9 Å². The fourth-order valence-electron chi connectivity index (χ4n) is 2.59. The number of carboxylic acid groups (broad SMARTS) is 1. The number of carbonyl (C=O) groups is 2. The van der Waals surface area contributed by atoms with E-state index in [4.69, 9.17) is 26.6 Å². The molecular formula is C12H10ClN7O5. The number of azide groups is 1. The number of esters is 1. The Hall–Kier alpha value is -2.95. The first-order valence-electron chi connectivity index (χ1n) is 6.86. The van der Waals surface area contributed by atoms with Crippen molar-refractivity contribution >= 4 is 34.7 Å². The van der Waals surface area contributed by atoms with Gasteiger partial charge in [-0.1, -0.05) is 16.7 Å². The highest BCUT2D eigenvalue weighted by Crippen LogP contribution is 2.36. The lowest BCUT2D eigenvalue weighted by atomic mass is 10.1. The number of aliphatic carboxylic acids is 1. The van der Waals surface area contributed by atoms with Crippen molar-refractivity contribution in [1.29, 1.82) is 0 Å². The molecule has 2 aromatic rings. The number of aromatic nitrogens is 4. The molecule has 0 aliphatic carbocycles. The van der Waals surface area contributed by atoms with Crippen molar-refractivity contribution in [3.8, 4) is 0 Å². The lowest BCUT2D eigenvalue weighted by Gasteiger charge is -2.21. The molecule has 0 saturated carbocycles. The predicted molar refractivity (Wildman–Crippen MR) is 80.4 cm³/mol. The van der Waals surface area contributed by atoms with Gasteiger partial charge in [-0.2, -0.15) is 0 Å². The van der Waals surface area contributed by atoms with Gasteiger partial charge in [0.25, 0.3) is 0 Å². The molecule has 1 aliphatic rings. The van der Waals surface area contributed by atoms with Crippen molar-refractivity contribution < 1.29 is 24.2 Å². The van der Waals surface area contributed by atoms with Crippen LogP contribution >= 0.6 is 11.6 Å². The minimum atomic E-state index is -1.51. The van der Waals surface area contributed by atoms with Crippen LogP contribution in [0.4, 0.5) is 0 Å². The molecule has 0 spiro atoms. The van der Waals surface area contributed by atoms with E-state index in [2.05, 4.69) is 25.0 Å². The third kappa shape index (κ3) is 2.93. The maximum Gasteiger partial charge on any atom is 0.333 e. The Kier molecular flexibility index (Phi) is 4.40. The Morgan fingerprint density at radius 1 is 1.48 bits per heavy atom. The molecule has 3 rings (SSSR count). The number of carbonyl (C=O) groups excluding carboxylic acids is 1. The maximum absolute atomic E-state index is 11.4. The number of rotatable bonds is 4. The summed E-state index contributed by atoms with van der Waals surface area (Å²) < 4.78 is 12.0. The first kappa shape index (κ1) is 16.9. The predicted octanol–water partition coefficient (Wildman–Crippen LogP) is 1.07. The van der Waals surface area contributed by atoms with Gasteiger partial charge in [-0.25, -0.2) is 19.7 Å². The zero-order valence-corrected chi connectivity index (χ0v) is 13.3. The van der Waals surface area contributed by atoms with Crippen molar-refractivity contribution in [3.63, 3.8) is 0 Å². The van der Waals surface area contributed by atoms with Gasteiger partial charge in [0.05, 0.1) is 6.33 Å². The SMILES string of the molecule is CC(=O)OC1C(N=[N+]=[N-])C(C(=O)O)OC1n1cnc2c(Cl)ncnc21. The van der Waals surface area contributed by atoms with Crippen LogP contribution in [0.2, 0.25) is 5.15 Å². The third-order valence-electron chi connectivity index (χ3n) is 3.53. The van der Waals surface area contributed by atoms with Gasteiger partial charge in [0.2, 0.25) is 0 Å². The first-order valence-corrected chi connectivity index (χ1v) is 7.24. The van der Waals surface area contributed by atoms with E-state index >= 15 is 0 Å². The third-order valence-corrected chi connectivity index (χ3v) is 3.81. The molecule has 25 heavy (non-hydrogen) atoms. The molecule has 1 N–H and O–H groups in total. The number of nitrogens with zero attached hydrogens (tertiary/aromatic N) is 7. The van der Waals surface area contributed by atoms with Gasteiger partial charge >= 0.3 is 11.9 Å².